The van der Waals surface area contributed by atoms with Gasteiger partial charge in [0.2, 0.25) is 0 Å². The summed E-state index contributed by atoms with van der Waals surface area (Å²) in [6, 6.07) is 0. The second-order valence-corrected chi connectivity index (χ2v) is 7.76. The first-order valence-corrected chi connectivity index (χ1v) is 6.46. The summed E-state index contributed by atoms with van der Waals surface area (Å²) in [6.45, 7) is 5.66. The second kappa shape index (κ2) is 3.25. The van der Waals surface area contributed by atoms with Gasteiger partial charge in [-0.2, -0.15) is 0 Å². The molecule has 0 amide bonds. The molecule has 62 valence electrons. The molecule has 0 N–H and O–H groups in total. The minimum atomic E-state index is -0.391. The third-order valence-corrected chi connectivity index (χ3v) is 5.72. The average Bonchev–Trinajstić information content (AvgIpc) is 1.97. The third kappa shape index (κ3) is 1.65. The van der Waals surface area contributed by atoms with E-state index in [1.54, 1.807) is 6.92 Å². The van der Waals surface area contributed by atoms with Crippen LogP contribution in [0.5, 0.6) is 0 Å². The van der Waals surface area contributed by atoms with Crippen LogP contribution in [0, 0.1) is 5.92 Å². The van der Waals surface area contributed by atoms with Gasteiger partial charge in [0.05, 0.1) is 0 Å². The van der Waals surface area contributed by atoms with Gasteiger partial charge in [-0.3, -0.25) is 0 Å². The zero-order valence-electron chi connectivity index (χ0n) is 6.96. The predicted octanol–water partition coefficient (Wildman–Crippen LogP) is 1.10. The summed E-state index contributed by atoms with van der Waals surface area (Å²) >= 11 is -0.391. The van der Waals surface area contributed by atoms with Crippen molar-refractivity contribution in [2.24, 2.45) is 5.92 Å². The fraction of sp³-hybridized carbons (Fsp3) is 0.750. The van der Waals surface area contributed by atoms with Crippen LogP contribution in [-0.4, -0.2) is 32.5 Å². The molecule has 1 heterocycles. The first kappa shape index (κ1) is 9.22. The molecule has 0 bridgehead atoms. The summed E-state index contributed by atoms with van der Waals surface area (Å²) < 4.78 is 0.422. The second-order valence-electron chi connectivity index (χ2n) is 2.95. The fourth-order valence-corrected chi connectivity index (χ4v) is 4.96. The molecule has 1 aliphatic heterocycles. The predicted molar refractivity (Wildman–Crippen MR) is 43.8 cm³/mol. The Bertz CT molecular complexity index is 180. The quantitative estimate of drug-likeness (QED) is 0.487. The summed E-state index contributed by atoms with van der Waals surface area (Å²) in [5.41, 5.74) is 0. The van der Waals surface area contributed by atoms with Gasteiger partial charge in [-0.05, 0) is 0 Å². The molecule has 3 heteroatoms. The minimum absolute atomic E-state index is 0.176. The normalized spacial score (nSPS) is 39.4. The van der Waals surface area contributed by atoms with Crippen LogP contribution < -0.4 is 0 Å². The molecule has 0 saturated carbocycles. The van der Waals surface area contributed by atoms with Gasteiger partial charge in [-0.25, -0.2) is 0 Å². The van der Waals surface area contributed by atoms with Crippen LogP contribution in [0.2, 0.25) is 7.93 Å². The molecule has 1 saturated heterocycles. The van der Waals surface area contributed by atoms with Crippen LogP contribution in [-0.2, 0) is 9.59 Å². The number of carbonyl (C=O) groups excluding carboxylic acids is 2. The van der Waals surface area contributed by atoms with E-state index >= 15 is 0 Å². The molecule has 2 nitrogen and oxygen atoms in total. The topological polar surface area (TPSA) is 34.1 Å². The number of rotatable bonds is 0. The van der Waals surface area contributed by atoms with E-state index in [9.17, 15) is 9.59 Å². The Kier molecular flexibility index (Phi) is 2.72. The molecule has 1 rings (SSSR count). The molecule has 1 aliphatic rings. The average molecular weight is 268 g/mol. The number of carbonyl (C=O) groups is 2. The molecule has 1 fully saturated rings. The van der Waals surface area contributed by atoms with E-state index in [1.807, 2.05) is 13.8 Å². The van der Waals surface area contributed by atoms with Gasteiger partial charge in [-0.1, -0.05) is 0 Å². The van der Waals surface area contributed by atoms with Crippen molar-refractivity contribution in [2.45, 2.75) is 28.7 Å². The van der Waals surface area contributed by atoms with Crippen molar-refractivity contribution in [2.75, 3.05) is 0 Å². The van der Waals surface area contributed by atoms with Crippen LogP contribution in [0.3, 0.4) is 0 Å². The van der Waals surface area contributed by atoms with Crippen molar-refractivity contribution in [1.29, 1.82) is 0 Å². The molecule has 0 aliphatic carbocycles. The first-order valence-electron chi connectivity index (χ1n) is 3.77. The van der Waals surface area contributed by atoms with Gasteiger partial charge in [-0.15, -0.1) is 0 Å². The molecule has 0 radical (unpaired) electrons. The maximum atomic E-state index is 11.3. The van der Waals surface area contributed by atoms with E-state index in [2.05, 4.69) is 0 Å². The van der Waals surface area contributed by atoms with Crippen molar-refractivity contribution in [1.82, 2.24) is 0 Å². The SMILES string of the molecule is CC1[Te]C(C)C(=O)C(C)C1=O. The van der Waals surface area contributed by atoms with Crippen LogP contribution in [0.25, 0.3) is 0 Å². The van der Waals surface area contributed by atoms with E-state index in [1.165, 1.54) is 0 Å². The van der Waals surface area contributed by atoms with Crippen molar-refractivity contribution in [3.05, 3.63) is 0 Å². The van der Waals surface area contributed by atoms with E-state index in [4.69, 9.17) is 0 Å². The monoisotopic (exact) mass is 270 g/mol. The number of hydrogen-bond donors (Lipinski definition) is 0. The third-order valence-electron chi connectivity index (χ3n) is 2.06. The summed E-state index contributed by atoms with van der Waals surface area (Å²) in [5.74, 6) is 0.0323. The van der Waals surface area contributed by atoms with E-state index in [0.717, 1.165) is 0 Å². The Balaban J connectivity index is 2.79. The van der Waals surface area contributed by atoms with E-state index < -0.39 is 20.9 Å². The van der Waals surface area contributed by atoms with Gasteiger partial charge in [0.15, 0.2) is 0 Å². The Morgan fingerprint density at radius 2 is 1.36 bits per heavy atom. The Morgan fingerprint density at radius 3 is 1.73 bits per heavy atom. The van der Waals surface area contributed by atoms with Gasteiger partial charge >= 0.3 is 76.7 Å². The summed E-state index contributed by atoms with van der Waals surface area (Å²) in [4.78, 5) is 22.6. The Morgan fingerprint density at radius 1 is 1.00 bits per heavy atom. The first-order chi connectivity index (χ1) is 5.04. The molecule has 0 aromatic rings. The van der Waals surface area contributed by atoms with Crippen LogP contribution in [0.1, 0.15) is 20.8 Å². The van der Waals surface area contributed by atoms with E-state index in [0.29, 0.717) is 0 Å². The van der Waals surface area contributed by atoms with Gasteiger partial charge in [0, 0.05) is 0 Å². The molecular formula is C8H12O2Te. The Hall–Kier alpha value is 0.130. The van der Waals surface area contributed by atoms with Crippen LogP contribution >= 0.6 is 0 Å². The maximum absolute atomic E-state index is 11.3. The molecule has 0 spiro atoms. The summed E-state index contributed by atoms with van der Waals surface area (Å²) in [6.07, 6.45) is 0. The van der Waals surface area contributed by atoms with Crippen molar-refractivity contribution >= 4 is 32.5 Å². The molecule has 2 atom stereocenters. The molecule has 11 heavy (non-hydrogen) atoms. The van der Waals surface area contributed by atoms with Crippen LogP contribution in [0.4, 0.5) is 0 Å². The zero-order chi connectivity index (χ0) is 8.59. The van der Waals surface area contributed by atoms with Crippen LogP contribution in [0.15, 0.2) is 0 Å². The number of ketones is 2. The van der Waals surface area contributed by atoms with Crippen molar-refractivity contribution in [3.8, 4) is 0 Å². The van der Waals surface area contributed by atoms with Crippen molar-refractivity contribution < 1.29 is 9.59 Å². The van der Waals surface area contributed by atoms with Gasteiger partial charge < -0.3 is 0 Å². The molecule has 2 unspecified atom stereocenters. The summed E-state index contributed by atoms with van der Waals surface area (Å²) in [5, 5.41) is 0. The zero-order valence-corrected chi connectivity index (χ0v) is 9.29. The molecule has 0 aromatic heterocycles. The number of Topliss-reactive ketones (excluding diaryl/α,β-unsaturated/α-hetero) is 2. The molecule has 0 aromatic carbocycles. The van der Waals surface area contributed by atoms with Crippen molar-refractivity contribution in [3.63, 3.8) is 0 Å². The Labute approximate surface area is 76.8 Å². The standard InChI is InChI=1S/C8H12O2Te/c1-4-7(9)5(2)11-6(3)8(4)10/h4-6H,1-3H3. The fourth-order valence-electron chi connectivity index (χ4n) is 1.28. The molecular weight excluding hydrogens is 256 g/mol. The van der Waals surface area contributed by atoms with Gasteiger partial charge in [0.1, 0.15) is 0 Å². The van der Waals surface area contributed by atoms with E-state index in [-0.39, 0.29) is 25.4 Å². The van der Waals surface area contributed by atoms with Gasteiger partial charge in [0.25, 0.3) is 0 Å². The number of hydrogen-bond acceptors (Lipinski definition) is 2. The summed E-state index contributed by atoms with van der Waals surface area (Å²) in [7, 11) is 0.